The van der Waals surface area contributed by atoms with Crippen LogP contribution in [0.15, 0.2) is 47.4 Å². The summed E-state index contributed by atoms with van der Waals surface area (Å²) in [5.41, 5.74) is 0.906. The van der Waals surface area contributed by atoms with Gasteiger partial charge in [-0.05, 0) is 24.1 Å². The normalized spacial score (nSPS) is 16.5. The van der Waals surface area contributed by atoms with E-state index < -0.39 is 32.4 Å². The Bertz CT molecular complexity index is 1010. The van der Waals surface area contributed by atoms with Crippen molar-refractivity contribution in [3.63, 3.8) is 0 Å². The molecule has 2 aromatic rings. The van der Waals surface area contributed by atoms with Gasteiger partial charge in [0, 0.05) is 26.2 Å². The van der Waals surface area contributed by atoms with Crippen LogP contribution in [0.5, 0.6) is 0 Å². The SMILES string of the molecule is CCCC(C(=O)N1CCN(S(=O)(=O)c2ccc(F)c(F)c2F)CC1)c1ccccc1. The number of hydrogen-bond acceptors (Lipinski definition) is 3. The largest absolute Gasteiger partial charge is 0.340 e. The van der Waals surface area contributed by atoms with E-state index in [0.29, 0.717) is 18.6 Å². The number of carbonyl (C=O) groups is 1. The molecular formula is C21H23F3N2O3S. The summed E-state index contributed by atoms with van der Waals surface area (Å²) in [6.45, 7) is 2.15. The molecule has 1 atom stereocenters. The molecule has 0 aromatic heterocycles. The lowest BCUT2D eigenvalue weighted by atomic mass is 9.93. The summed E-state index contributed by atoms with van der Waals surface area (Å²) < 4.78 is 67.0. The first-order valence-corrected chi connectivity index (χ1v) is 11.2. The third-order valence-electron chi connectivity index (χ3n) is 5.25. The molecule has 1 heterocycles. The maximum atomic E-state index is 14.0. The molecule has 1 unspecified atom stereocenters. The van der Waals surface area contributed by atoms with Crippen molar-refractivity contribution in [2.24, 2.45) is 0 Å². The number of nitrogens with zero attached hydrogens (tertiary/aromatic N) is 2. The maximum absolute atomic E-state index is 14.0. The number of hydrogen-bond donors (Lipinski definition) is 0. The first-order chi connectivity index (χ1) is 14.3. The summed E-state index contributed by atoms with van der Waals surface area (Å²) in [6.07, 6.45) is 1.48. The Labute approximate surface area is 174 Å². The second kappa shape index (κ2) is 9.18. The van der Waals surface area contributed by atoms with Crippen LogP contribution in [-0.2, 0) is 14.8 Å². The number of benzene rings is 2. The lowest BCUT2D eigenvalue weighted by Crippen LogP contribution is -2.51. The van der Waals surface area contributed by atoms with Crippen LogP contribution in [0.3, 0.4) is 0 Å². The van der Waals surface area contributed by atoms with Crippen LogP contribution in [0, 0.1) is 17.5 Å². The minimum Gasteiger partial charge on any atom is -0.340 e. The Morgan fingerprint density at radius 1 is 0.967 bits per heavy atom. The molecule has 1 aliphatic rings. The topological polar surface area (TPSA) is 57.7 Å². The van der Waals surface area contributed by atoms with Crippen LogP contribution < -0.4 is 0 Å². The van der Waals surface area contributed by atoms with Crippen LogP contribution >= 0.6 is 0 Å². The van der Waals surface area contributed by atoms with Gasteiger partial charge in [-0.1, -0.05) is 43.7 Å². The van der Waals surface area contributed by atoms with Crippen molar-refractivity contribution in [3.05, 3.63) is 65.5 Å². The number of amides is 1. The Morgan fingerprint density at radius 2 is 1.60 bits per heavy atom. The Balaban J connectivity index is 1.74. The molecule has 162 valence electrons. The van der Waals surface area contributed by atoms with E-state index in [9.17, 15) is 26.4 Å². The van der Waals surface area contributed by atoms with E-state index in [1.165, 1.54) is 0 Å². The molecule has 3 rings (SSSR count). The quantitative estimate of drug-likeness (QED) is 0.646. The molecule has 9 heteroatoms. The van der Waals surface area contributed by atoms with E-state index in [0.717, 1.165) is 16.3 Å². The highest BCUT2D eigenvalue weighted by atomic mass is 32.2. The standard InChI is InChI=1S/C21H23F3N2O3S/c1-2-6-16(15-7-4-3-5-8-15)21(27)25-11-13-26(14-12-25)30(28,29)18-10-9-17(22)19(23)20(18)24/h3-5,7-10,16H,2,6,11-14H2,1H3. The van der Waals surface area contributed by atoms with Gasteiger partial charge in [-0.25, -0.2) is 21.6 Å². The molecule has 0 saturated carbocycles. The lowest BCUT2D eigenvalue weighted by Gasteiger charge is -2.36. The van der Waals surface area contributed by atoms with Gasteiger partial charge in [0.25, 0.3) is 0 Å². The predicted molar refractivity (Wildman–Crippen MR) is 106 cm³/mol. The molecule has 1 amide bonds. The summed E-state index contributed by atoms with van der Waals surface area (Å²) >= 11 is 0. The molecule has 0 radical (unpaired) electrons. The minimum atomic E-state index is -4.35. The van der Waals surface area contributed by atoms with Gasteiger partial charge in [0.15, 0.2) is 17.5 Å². The smallest absolute Gasteiger partial charge is 0.246 e. The molecule has 0 aliphatic carbocycles. The summed E-state index contributed by atoms with van der Waals surface area (Å²) in [5, 5.41) is 0. The third-order valence-corrected chi connectivity index (χ3v) is 7.16. The molecule has 30 heavy (non-hydrogen) atoms. The van der Waals surface area contributed by atoms with Crippen LogP contribution in [0.2, 0.25) is 0 Å². The zero-order chi connectivity index (χ0) is 21.9. The maximum Gasteiger partial charge on any atom is 0.246 e. The average Bonchev–Trinajstić information content (AvgIpc) is 2.76. The summed E-state index contributed by atoms with van der Waals surface area (Å²) in [4.78, 5) is 13.7. The zero-order valence-corrected chi connectivity index (χ0v) is 17.3. The highest BCUT2D eigenvalue weighted by Crippen LogP contribution is 2.27. The fourth-order valence-electron chi connectivity index (χ4n) is 3.62. The minimum absolute atomic E-state index is 0.0554. The van der Waals surface area contributed by atoms with Gasteiger partial charge in [-0.3, -0.25) is 4.79 Å². The van der Waals surface area contributed by atoms with Gasteiger partial charge in [-0.15, -0.1) is 0 Å². The monoisotopic (exact) mass is 440 g/mol. The van der Waals surface area contributed by atoms with Crippen LogP contribution in [-0.4, -0.2) is 49.7 Å². The number of rotatable bonds is 6. The second-order valence-electron chi connectivity index (χ2n) is 7.15. The molecule has 1 fully saturated rings. The molecule has 0 bridgehead atoms. The second-order valence-corrected chi connectivity index (χ2v) is 9.06. The van der Waals surface area contributed by atoms with E-state index >= 15 is 0 Å². The van der Waals surface area contributed by atoms with E-state index in [4.69, 9.17) is 0 Å². The van der Waals surface area contributed by atoms with Crippen molar-refractivity contribution in [2.75, 3.05) is 26.2 Å². The number of sulfonamides is 1. The molecule has 1 aliphatic heterocycles. The van der Waals surface area contributed by atoms with Crippen molar-refractivity contribution in [2.45, 2.75) is 30.6 Å². The van der Waals surface area contributed by atoms with Crippen LogP contribution in [0.1, 0.15) is 31.2 Å². The first-order valence-electron chi connectivity index (χ1n) is 9.74. The zero-order valence-electron chi connectivity index (χ0n) is 16.5. The van der Waals surface area contributed by atoms with E-state index in [1.54, 1.807) is 4.90 Å². The number of carbonyl (C=O) groups excluding carboxylic acids is 1. The molecule has 0 spiro atoms. The predicted octanol–water partition coefficient (Wildman–Crippen LogP) is 3.52. The highest BCUT2D eigenvalue weighted by molar-refractivity contribution is 7.89. The third kappa shape index (κ3) is 4.37. The Morgan fingerprint density at radius 3 is 2.20 bits per heavy atom. The Kier molecular flexibility index (Phi) is 6.82. The Hall–Kier alpha value is -2.39. The van der Waals surface area contributed by atoms with Crippen molar-refractivity contribution in [1.29, 1.82) is 0 Å². The van der Waals surface area contributed by atoms with Crippen molar-refractivity contribution >= 4 is 15.9 Å². The van der Waals surface area contributed by atoms with Crippen LogP contribution in [0.4, 0.5) is 13.2 Å². The molecule has 1 saturated heterocycles. The molecule has 2 aromatic carbocycles. The van der Waals surface area contributed by atoms with Crippen molar-refractivity contribution in [3.8, 4) is 0 Å². The highest BCUT2D eigenvalue weighted by Gasteiger charge is 2.35. The summed E-state index contributed by atoms with van der Waals surface area (Å²) in [5.74, 6) is -5.41. The van der Waals surface area contributed by atoms with Crippen molar-refractivity contribution in [1.82, 2.24) is 9.21 Å². The first kappa shape index (κ1) is 22.3. The van der Waals surface area contributed by atoms with Gasteiger partial charge in [0.05, 0.1) is 5.92 Å². The number of halogens is 3. The molecular weight excluding hydrogens is 417 g/mol. The molecule has 5 nitrogen and oxygen atoms in total. The van der Waals surface area contributed by atoms with E-state index in [-0.39, 0.29) is 38.0 Å². The fraction of sp³-hybridized carbons (Fsp3) is 0.381. The summed E-state index contributed by atoms with van der Waals surface area (Å²) in [6, 6.07) is 10.7. The van der Waals surface area contributed by atoms with Gasteiger partial charge in [0.1, 0.15) is 4.90 Å². The average molecular weight is 440 g/mol. The van der Waals surface area contributed by atoms with Gasteiger partial charge >= 0.3 is 0 Å². The van der Waals surface area contributed by atoms with Gasteiger partial charge in [-0.2, -0.15) is 4.31 Å². The fourth-order valence-corrected chi connectivity index (χ4v) is 5.10. The molecule has 0 N–H and O–H groups in total. The van der Waals surface area contributed by atoms with Gasteiger partial charge in [0.2, 0.25) is 15.9 Å². The lowest BCUT2D eigenvalue weighted by molar-refractivity contribution is -0.134. The van der Waals surface area contributed by atoms with Gasteiger partial charge < -0.3 is 4.90 Å². The van der Waals surface area contributed by atoms with E-state index in [2.05, 4.69) is 0 Å². The van der Waals surface area contributed by atoms with Crippen molar-refractivity contribution < 1.29 is 26.4 Å². The van der Waals surface area contributed by atoms with E-state index in [1.807, 2.05) is 37.3 Å². The number of piperazine rings is 1. The van der Waals surface area contributed by atoms with Crippen LogP contribution in [0.25, 0.3) is 0 Å². The summed E-state index contributed by atoms with van der Waals surface area (Å²) in [7, 11) is -4.35.